The normalized spacial score (nSPS) is 17.0. The molecule has 1 atom stereocenters. The number of hydrogen-bond donors (Lipinski definition) is 1. The number of ether oxygens (including phenoxy) is 2. The van der Waals surface area contributed by atoms with Gasteiger partial charge in [-0.3, -0.25) is 4.79 Å². The van der Waals surface area contributed by atoms with Gasteiger partial charge in [0.2, 0.25) is 0 Å². The molecule has 108 valence electrons. The van der Waals surface area contributed by atoms with Crippen molar-refractivity contribution in [1.29, 1.82) is 0 Å². The number of hydrogen-bond acceptors (Lipinski definition) is 4. The van der Waals surface area contributed by atoms with Crippen LogP contribution in [-0.4, -0.2) is 18.2 Å². The maximum Gasteiger partial charge on any atom is 0.312 e. The van der Waals surface area contributed by atoms with Crippen molar-refractivity contribution in [1.82, 2.24) is 0 Å². The minimum absolute atomic E-state index is 0.165. The average molecular weight is 284 g/mol. The van der Waals surface area contributed by atoms with Crippen LogP contribution in [0.15, 0.2) is 36.4 Å². The molecule has 0 aromatic heterocycles. The summed E-state index contributed by atoms with van der Waals surface area (Å²) in [5, 5.41) is 10.2. The zero-order chi connectivity index (χ0) is 15.0. The van der Waals surface area contributed by atoms with Crippen molar-refractivity contribution in [2.75, 3.05) is 7.11 Å². The highest BCUT2D eigenvalue weighted by Crippen LogP contribution is 2.44. The van der Waals surface area contributed by atoms with Gasteiger partial charge in [0.15, 0.2) is 0 Å². The molecule has 2 aromatic rings. The molecule has 1 heterocycles. The van der Waals surface area contributed by atoms with Crippen LogP contribution in [0.1, 0.15) is 29.0 Å². The molecule has 2 aromatic carbocycles. The number of fused-ring (bicyclic) bond motifs is 1. The second-order valence-electron chi connectivity index (χ2n) is 5.20. The van der Waals surface area contributed by atoms with E-state index in [1.165, 1.54) is 0 Å². The molecule has 21 heavy (non-hydrogen) atoms. The number of phenols is 1. The summed E-state index contributed by atoms with van der Waals surface area (Å²) in [6.07, 6.45) is 0.218. The number of methoxy groups -OCH3 is 1. The molecule has 0 saturated heterocycles. The minimum Gasteiger partial charge on any atom is -0.507 e. The molecule has 1 aliphatic rings. The van der Waals surface area contributed by atoms with Gasteiger partial charge in [-0.25, -0.2) is 0 Å². The molecule has 3 rings (SSSR count). The summed E-state index contributed by atoms with van der Waals surface area (Å²) in [7, 11) is 1.61. The largest absolute Gasteiger partial charge is 0.507 e. The zero-order valence-corrected chi connectivity index (χ0v) is 11.9. The molecule has 1 aliphatic heterocycles. The van der Waals surface area contributed by atoms with Crippen LogP contribution in [0.5, 0.6) is 17.2 Å². The van der Waals surface area contributed by atoms with Crippen molar-refractivity contribution in [3.05, 3.63) is 53.1 Å². The number of aromatic hydroxyl groups is 1. The predicted octanol–water partition coefficient (Wildman–Crippen LogP) is 3.15. The van der Waals surface area contributed by atoms with E-state index >= 15 is 0 Å². The van der Waals surface area contributed by atoms with Crippen LogP contribution in [0.3, 0.4) is 0 Å². The second kappa shape index (κ2) is 5.13. The molecule has 0 aliphatic carbocycles. The van der Waals surface area contributed by atoms with Crippen LogP contribution in [-0.2, 0) is 4.79 Å². The Bertz CT molecular complexity index is 689. The SMILES string of the molecule is COc1ccc(C2CC(=O)Oc3cc(C)cc(O)c32)cc1. The van der Waals surface area contributed by atoms with Gasteiger partial charge in [0.05, 0.1) is 13.5 Å². The summed E-state index contributed by atoms with van der Waals surface area (Å²) in [6.45, 7) is 1.85. The van der Waals surface area contributed by atoms with Gasteiger partial charge >= 0.3 is 5.97 Å². The van der Waals surface area contributed by atoms with E-state index in [2.05, 4.69) is 0 Å². The van der Waals surface area contributed by atoms with Crippen molar-refractivity contribution >= 4 is 5.97 Å². The molecule has 0 saturated carbocycles. The van der Waals surface area contributed by atoms with Crippen LogP contribution in [0.25, 0.3) is 0 Å². The third-order valence-electron chi connectivity index (χ3n) is 3.73. The molecule has 0 fully saturated rings. The van der Waals surface area contributed by atoms with E-state index in [1.54, 1.807) is 19.2 Å². The lowest BCUT2D eigenvalue weighted by Crippen LogP contribution is -2.21. The Hall–Kier alpha value is -2.49. The van der Waals surface area contributed by atoms with Gasteiger partial charge in [-0.05, 0) is 42.3 Å². The maximum atomic E-state index is 11.8. The molecule has 4 heteroatoms. The van der Waals surface area contributed by atoms with Crippen LogP contribution in [0, 0.1) is 6.92 Å². The van der Waals surface area contributed by atoms with Crippen molar-refractivity contribution < 1.29 is 19.4 Å². The van der Waals surface area contributed by atoms with Gasteiger partial charge < -0.3 is 14.6 Å². The third-order valence-corrected chi connectivity index (χ3v) is 3.73. The monoisotopic (exact) mass is 284 g/mol. The summed E-state index contributed by atoms with van der Waals surface area (Å²) in [4.78, 5) is 11.8. The lowest BCUT2D eigenvalue weighted by Gasteiger charge is -2.26. The number of aryl methyl sites for hydroxylation is 1. The summed E-state index contributed by atoms with van der Waals surface area (Å²) < 4.78 is 10.4. The van der Waals surface area contributed by atoms with E-state index in [4.69, 9.17) is 9.47 Å². The molecule has 0 bridgehead atoms. The fraction of sp³-hybridized carbons (Fsp3) is 0.235. The van der Waals surface area contributed by atoms with E-state index in [-0.39, 0.29) is 24.1 Å². The first kappa shape index (κ1) is 13.5. The van der Waals surface area contributed by atoms with Crippen molar-refractivity contribution in [2.24, 2.45) is 0 Å². The minimum atomic E-state index is -0.284. The molecule has 4 nitrogen and oxygen atoms in total. The van der Waals surface area contributed by atoms with Gasteiger partial charge in [-0.2, -0.15) is 0 Å². The van der Waals surface area contributed by atoms with Gasteiger partial charge in [-0.15, -0.1) is 0 Å². The van der Waals surface area contributed by atoms with E-state index in [9.17, 15) is 9.90 Å². The number of rotatable bonds is 2. The maximum absolute atomic E-state index is 11.8. The topological polar surface area (TPSA) is 55.8 Å². The summed E-state index contributed by atoms with van der Waals surface area (Å²) >= 11 is 0. The highest BCUT2D eigenvalue weighted by atomic mass is 16.5. The summed E-state index contributed by atoms with van der Waals surface area (Å²) in [5.41, 5.74) is 2.48. The number of carbonyl (C=O) groups is 1. The molecule has 0 amide bonds. The Morgan fingerprint density at radius 1 is 1.24 bits per heavy atom. The lowest BCUT2D eigenvalue weighted by molar-refractivity contribution is -0.135. The highest BCUT2D eigenvalue weighted by Gasteiger charge is 2.31. The number of benzene rings is 2. The van der Waals surface area contributed by atoms with Crippen molar-refractivity contribution in [2.45, 2.75) is 19.3 Å². The fourth-order valence-corrected chi connectivity index (χ4v) is 2.73. The number of esters is 1. The van der Waals surface area contributed by atoms with Crippen molar-refractivity contribution in [3.8, 4) is 17.2 Å². The van der Waals surface area contributed by atoms with Gasteiger partial charge in [0.25, 0.3) is 0 Å². The van der Waals surface area contributed by atoms with Crippen molar-refractivity contribution in [3.63, 3.8) is 0 Å². The third kappa shape index (κ3) is 2.44. The first-order valence-electron chi connectivity index (χ1n) is 6.76. The Balaban J connectivity index is 2.09. The van der Waals surface area contributed by atoms with Crippen LogP contribution in [0.2, 0.25) is 0 Å². The van der Waals surface area contributed by atoms with Gasteiger partial charge in [0.1, 0.15) is 17.2 Å². The Morgan fingerprint density at radius 3 is 2.62 bits per heavy atom. The van der Waals surface area contributed by atoms with Crippen LogP contribution in [0.4, 0.5) is 0 Å². The first-order valence-corrected chi connectivity index (χ1v) is 6.76. The molecular weight excluding hydrogens is 268 g/mol. The summed E-state index contributed by atoms with van der Waals surface area (Å²) in [5.74, 6) is 0.884. The molecule has 1 unspecified atom stereocenters. The van der Waals surface area contributed by atoms with E-state index in [0.29, 0.717) is 11.3 Å². The smallest absolute Gasteiger partial charge is 0.312 e. The van der Waals surface area contributed by atoms with Crippen LogP contribution < -0.4 is 9.47 Å². The average Bonchev–Trinajstić information content (AvgIpc) is 2.45. The Kier molecular flexibility index (Phi) is 3.29. The van der Waals surface area contributed by atoms with E-state index in [0.717, 1.165) is 16.9 Å². The second-order valence-corrected chi connectivity index (χ2v) is 5.20. The lowest BCUT2D eigenvalue weighted by atomic mass is 9.85. The fourth-order valence-electron chi connectivity index (χ4n) is 2.73. The molecule has 1 N–H and O–H groups in total. The van der Waals surface area contributed by atoms with Gasteiger partial charge in [0, 0.05) is 11.5 Å². The highest BCUT2D eigenvalue weighted by molar-refractivity contribution is 5.78. The van der Waals surface area contributed by atoms with E-state index in [1.807, 2.05) is 31.2 Å². The number of phenolic OH excluding ortho intramolecular Hbond substituents is 1. The Morgan fingerprint density at radius 2 is 1.95 bits per heavy atom. The zero-order valence-electron chi connectivity index (χ0n) is 11.9. The van der Waals surface area contributed by atoms with Gasteiger partial charge in [-0.1, -0.05) is 12.1 Å². The van der Waals surface area contributed by atoms with Crippen LogP contribution >= 0.6 is 0 Å². The molecular formula is C17H16O4. The Labute approximate surface area is 122 Å². The number of carbonyl (C=O) groups excluding carboxylic acids is 1. The standard InChI is InChI=1S/C17H16O4/c1-10-7-14(18)17-13(9-16(19)21-15(17)8-10)11-3-5-12(20-2)6-4-11/h3-8,13,18H,9H2,1-2H3. The predicted molar refractivity (Wildman–Crippen MR) is 77.9 cm³/mol. The molecule has 0 spiro atoms. The first-order chi connectivity index (χ1) is 10.1. The quantitative estimate of drug-likeness (QED) is 0.680. The summed E-state index contributed by atoms with van der Waals surface area (Å²) in [6, 6.07) is 11.0. The van der Waals surface area contributed by atoms with E-state index < -0.39 is 0 Å². The molecule has 0 radical (unpaired) electrons.